The Morgan fingerprint density at radius 2 is 1.70 bits per heavy atom. The Kier molecular flexibility index (Phi) is 4.41. The summed E-state index contributed by atoms with van der Waals surface area (Å²) < 4.78 is 5.75. The van der Waals surface area contributed by atoms with E-state index in [0.717, 1.165) is 57.4 Å². The van der Waals surface area contributed by atoms with Gasteiger partial charge >= 0.3 is 0 Å². The van der Waals surface area contributed by atoms with Gasteiger partial charge in [-0.25, -0.2) is 0 Å². The summed E-state index contributed by atoms with van der Waals surface area (Å²) in [5.41, 5.74) is 2.62. The van der Waals surface area contributed by atoms with Crippen LogP contribution >= 0.6 is 0 Å². The third-order valence-corrected chi connectivity index (χ3v) is 6.12. The van der Waals surface area contributed by atoms with E-state index >= 15 is 0 Å². The quantitative estimate of drug-likeness (QED) is 0.779. The highest BCUT2D eigenvalue weighted by atomic mass is 16.5. The molecule has 4 nitrogen and oxygen atoms in total. The number of likely N-dealkylation sites (tertiary alicyclic amines) is 1. The van der Waals surface area contributed by atoms with E-state index < -0.39 is 0 Å². The summed E-state index contributed by atoms with van der Waals surface area (Å²) in [4.78, 5) is 14.7. The van der Waals surface area contributed by atoms with Crippen molar-refractivity contribution in [2.45, 2.75) is 76.5 Å². The number of hydrogen-bond acceptors (Lipinski definition) is 3. The van der Waals surface area contributed by atoms with Gasteiger partial charge < -0.3 is 9.42 Å². The Balaban J connectivity index is 1.40. The predicted molar refractivity (Wildman–Crippen MR) is 88.3 cm³/mol. The molecule has 1 aromatic heterocycles. The van der Waals surface area contributed by atoms with Crippen LogP contribution in [0.15, 0.2) is 4.52 Å². The smallest absolute Gasteiger partial charge is 0.225 e. The summed E-state index contributed by atoms with van der Waals surface area (Å²) in [5.74, 6) is 2.34. The normalized spacial score (nSPS) is 23.7. The van der Waals surface area contributed by atoms with E-state index in [1.54, 1.807) is 0 Å². The molecule has 4 heteroatoms. The first-order chi connectivity index (χ1) is 11.3. The summed E-state index contributed by atoms with van der Waals surface area (Å²) in [7, 11) is 0. The fourth-order valence-electron chi connectivity index (χ4n) is 4.71. The maximum atomic E-state index is 12.6. The molecule has 0 aromatic carbocycles. The highest BCUT2D eigenvalue weighted by molar-refractivity contribution is 5.79. The number of aryl methyl sites for hydroxylation is 1. The number of carbonyl (C=O) groups excluding carboxylic acids is 1. The Labute approximate surface area is 138 Å². The second-order valence-electron chi connectivity index (χ2n) is 7.61. The lowest BCUT2D eigenvalue weighted by Gasteiger charge is -2.33. The summed E-state index contributed by atoms with van der Waals surface area (Å²) in [6.45, 7) is 1.80. The van der Waals surface area contributed by atoms with Crippen molar-refractivity contribution in [3.63, 3.8) is 0 Å². The number of amides is 1. The molecular weight excluding hydrogens is 288 g/mol. The molecule has 0 unspecified atom stereocenters. The number of rotatable bonds is 2. The average Bonchev–Trinajstić information content (AvgIpc) is 3.20. The van der Waals surface area contributed by atoms with Crippen molar-refractivity contribution in [1.29, 1.82) is 0 Å². The van der Waals surface area contributed by atoms with Gasteiger partial charge in [-0.2, -0.15) is 0 Å². The minimum atomic E-state index is 0.313. The predicted octanol–water partition coefficient (Wildman–Crippen LogP) is 3.84. The zero-order valence-electron chi connectivity index (χ0n) is 14.1. The molecule has 0 atom stereocenters. The number of aromatic nitrogens is 1. The Morgan fingerprint density at radius 1 is 0.957 bits per heavy atom. The van der Waals surface area contributed by atoms with Gasteiger partial charge in [-0.3, -0.25) is 4.79 Å². The van der Waals surface area contributed by atoms with Crippen LogP contribution in [0.5, 0.6) is 0 Å². The van der Waals surface area contributed by atoms with E-state index in [0.29, 0.717) is 17.7 Å². The van der Waals surface area contributed by atoms with E-state index in [-0.39, 0.29) is 0 Å². The molecule has 126 valence electrons. The van der Waals surface area contributed by atoms with Crippen molar-refractivity contribution in [3.8, 4) is 0 Å². The molecule has 1 aromatic rings. The minimum absolute atomic E-state index is 0.313. The molecule has 0 N–H and O–H groups in total. The van der Waals surface area contributed by atoms with Crippen LogP contribution in [0, 0.1) is 5.92 Å². The van der Waals surface area contributed by atoms with Gasteiger partial charge in [0.15, 0.2) is 0 Å². The van der Waals surface area contributed by atoms with Gasteiger partial charge in [0.05, 0.1) is 5.69 Å². The van der Waals surface area contributed by atoms with Crippen LogP contribution in [-0.4, -0.2) is 29.1 Å². The van der Waals surface area contributed by atoms with Crippen LogP contribution in [-0.2, 0) is 17.6 Å². The summed E-state index contributed by atoms with van der Waals surface area (Å²) in [6.07, 6.45) is 12.8. The molecule has 1 aliphatic heterocycles. The van der Waals surface area contributed by atoms with E-state index in [2.05, 4.69) is 10.1 Å². The summed E-state index contributed by atoms with van der Waals surface area (Å²) >= 11 is 0. The number of fused-ring (bicyclic) bond motifs is 1. The molecule has 0 radical (unpaired) electrons. The molecular formula is C19H28N2O2. The number of piperidine rings is 1. The first kappa shape index (κ1) is 15.2. The standard InChI is InChI=1S/C19H28N2O2/c22-19(15-6-4-5-7-15)21-12-10-14(11-13-21)18-16-8-2-1-3-9-17(16)20-23-18/h14-15H,1-13H2. The van der Waals surface area contributed by atoms with Crippen LogP contribution in [0.3, 0.4) is 0 Å². The summed E-state index contributed by atoms with van der Waals surface area (Å²) in [5, 5.41) is 4.35. The third kappa shape index (κ3) is 3.05. The minimum Gasteiger partial charge on any atom is -0.361 e. The molecule has 0 spiro atoms. The van der Waals surface area contributed by atoms with Crippen LogP contribution in [0.2, 0.25) is 0 Å². The zero-order chi connectivity index (χ0) is 15.6. The summed E-state index contributed by atoms with van der Waals surface area (Å²) in [6, 6.07) is 0. The van der Waals surface area contributed by atoms with Gasteiger partial charge in [0, 0.05) is 30.5 Å². The van der Waals surface area contributed by atoms with Crippen molar-refractivity contribution in [2.75, 3.05) is 13.1 Å². The molecule has 1 saturated carbocycles. The molecule has 1 saturated heterocycles. The molecule has 0 bridgehead atoms. The Hall–Kier alpha value is -1.32. The SMILES string of the molecule is O=C(C1CCCC1)N1CCC(c2onc3c2CCCCC3)CC1. The first-order valence-corrected chi connectivity index (χ1v) is 9.59. The van der Waals surface area contributed by atoms with Gasteiger partial charge in [-0.15, -0.1) is 0 Å². The maximum absolute atomic E-state index is 12.6. The highest BCUT2D eigenvalue weighted by Crippen LogP contribution is 2.35. The third-order valence-electron chi connectivity index (χ3n) is 6.12. The van der Waals surface area contributed by atoms with Crippen LogP contribution in [0.4, 0.5) is 0 Å². The van der Waals surface area contributed by atoms with Crippen molar-refractivity contribution in [2.24, 2.45) is 5.92 Å². The number of carbonyl (C=O) groups is 1. The molecule has 2 heterocycles. The average molecular weight is 316 g/mol. The van der Waals surface area contributed by atoms with Crippen molar-refractivity contribution < 1.29 is 9.32 Å². The lowest BCUT2D eigenvalue weighted by Crippen LogP contribution is -2.40. The fraction of sp³-hybridized carbons (Fsp3) is 0.789. The molecule has 3 aliphatic rings. The number of hydrogen-bond donors (Lipinski definition) is 0. The van der Waals surface area contributed by atoms with Gasteiger partial charge in [-0.1, -0.05) is 24.4 Å². The van der Waals surface area contributed by atoms with Crippen LogP contribution in [0.1, 0.15) is 80.7 Å². The molecule has 2 aliphatic carbocycles. The van der Waals surface area contributed by atoms with E-state index in [9.17, 15) is 4.79 Å². The molecule has 4 rings (SSSR count). The second kappa shape index (κ2) is 6.66. The first-order valence-electron chi connectivity index (χ1n) is 9.59. The molecule has 23 heavy (non-hydrogen) atoms. The van der Waals surface area contributed by atoms with Gasteiger partial charge in [0.2, 0.25) is 5.91 Å². The van der Waals surface area contributed by atoms with Gasteiger partial charge in [0.25, 0.3) is 0 Å². The van der Waals surface area contributed by atoms with Crippen molar-refractivity contribution >= 4 is 5.91 Å². The highest BCUT2D eigenvalue weighted by Gasteiger charge is 2.33. The van der Waals surface area contributed by atoms with Crippen molar-refractivity contribution in [1.82, 2.24) is 10.1 Å². The number of nitrogens with zero attached hydrogens (tertiary/aromatic N) is 2. The Morgan fingerprint density at radius 3 is 2.48 bits per heavy atom. The largest absolute Gasteiger partial charge is 0.361 e. The van der Waals surface area contributed by atoms with Gasteiger partial charge in [0.1, 0.15) is 5.76 Å². The van der Waals surface area contributed by atoms with E-state index in [1.165, 1.54) is 43.4 Å². The Bertz CT molecular complexity index is 552. The van der Waals surface area contributed by atoms with Crippen molar-refractivity contribution in [3.05, 3.63) is 17.0 Å². The van der Waals surface area contributed by atoms with E-state index in [4.69, 9.17) is 4.52 Å². The zero-order valence-corrected chi connectivity index (χ0v) is 14.1. The van der Waals surface area contributed by atoms with Crippen LogP contribution in [0.25, 0.3) is 0 Å². The molecule has 2 fully saturated rings. The maximum Gasteiger partial charge on any atom is 0.225 e. The second-order valence-corrected chi connectivity index (χ2v) is 7.61. The lowest BCUT2D eigenvalue weighted by molar-refractivity contribution is -0.136. The monoisotopic (exact) mass is 316 g/mol. The van der Waals surface area contributed by atoms with E-state index in [1.807, 2.05) is 0 Å². The van der Waals surface area contributed by atoms with Gasteiger partial charge in [-0.05, 0) is 51.4 Å². The van der Waals surface area contributed by atoms with Crippen LogP contribution < -0.4 is 0 Å². The lowest BCUT2D eigenvalue weighted by atomic mass is 9.89. The molecule has 1 amide bonds. The topological polar surface area (TPSA) is 46.3 Å². The fourth-order valence-corrected chi connectivity index (χ4v) is 4.71.